The fourth-order valence-electron chi connectivity index (χ4n) is 3.61. The monoisotopic (exact) mass is 385 g/mol. The molecule has 0 aliphatic carbocycles. The molecule has 4 aromatic rings. The maximum absolute atomic E-state index is 12.3. The van der Waals surface area contributed by atoms with Crippen LogP contribution in [0.25, 0.3) is 22.2 Å². The van der Waals surface area contributed by atoms with Crippen molar-refractivity contribution in [3.05, 3.63) is 72.2 Å². The maximum Gasteiger partial charge on any atom is 0.224 e. The maximum atomic E-state index is 12.3. The van der Waals surface area contributed by atoms with Crippen LogP contribution in [0.3, 0.4) is 0 Å². The van der Waals surface area contributed by atoms with Gasteiger partial charge in [-0.1, -0.05) is 36.4 Å². The molecule has 1 amide bonds. The van der Waals surface area contributed by atoms with Crippen LogP contribution in [0.5, 0.6) is 0 Å². The van der Waals surface area contributed by atoms with Gasteiger partial charge in [-0.2, -0.15) is 0 Å². The van der Waals surface area contributed by atoms with Crippen molar-refractivity contribution in [1.29, 1.82) is 0 Å². The van der Waals surface area contributed by atoms with Crippen LogP contribution in [0.4, 0.5) is 11.5 Å². The molecule has 2 aromatic carbocycles. The van der Waals surface area contributed by atoms with E-state index in [2.05, 4.69) is 15.3 Å². The first-order valence-electron chi connectivity index (χ1n) is 9.53. The highest BCUT2D eigenvalue weighted by Gasteiger charge is 2.15. The number of nitrogens with one attached hydrogen (secondary N) is 1. The Morgan fingerprint density at radius 3 is 2.66 bits per heavy atom. The molecule has 2 heterocycles. The van der Waals surface area contributed by atoms with Crippen molar-refractivity contribution in [2.24, 2.45) is 7.05 Å². The summed E-state index contributed by atoms with van der Waals surface area (Å²) in [5.41, 5.74) is 11.9. The first kappa shape index (κ1) is 18.7. The zero-order chi connectivity index (χ0) is 20.4. The number of hydrogen-bond donors (Lipinski definition) is 2. The molecule has 0 bridgehead atoms. The van der Waals surface area contributed by atoms with Crippen molar-refractivity contribution < 1.29 is 4.79 Å². The van der Waals surface area contributed by atoms with Crippen LogP contribution in [-0.4, -0.2) is 20.4 Å². The van der Waals surface area contributed by atoms with E-state index in [1.807, 2.05) is 73.3 Å². The molecular weight excluding hydrogens is 362 g/mol. The first-order chi connectivity index (χ1) is 14.0. The van der Waals surface area contributed by atoms with Gasteiger partial charge in [-0.05, 0) is 42.2 Å². The summed E-state index contributed by atoms with van der Waals surface area (Å²) in [5.74, 6) is 0.465. The fourth-order valence-corrected chi connectivity index (χ4v) is 3.61. The molecule has 2 aromatic heterocycles. The number of anilines is 2. The van der Waals surface area contributed by atoms with Crippen LogP contribution in [0.1, 0.15) is 17.5 Å². The Morgan fingerprint density at radius 2 is 1.90 bits per heavy atom. The van der Waals surface area contributed by atoms with Crippen LogP contribution in [0.15, 0.2) is 61.1 Å². The van der Waals surface area contributed by atoms with E-state index in [0.717, 1.165) is 45.4 Å². The van der Waals surface area contributed by atoms with Crippen molar-refractivity contribution in [3.8, 4) is 11.1 Å². The van der Waals surface area contributed by atoms with Gasteiger partial charge in [-0.15, -0.1) is 0 Å². The number of benzene rings is 2. The Labute approximate surface area is 169 Å². The summed E-state index contributed by atoms with van der Waals surface area (Å²) in [5, 5.41) is 3.84. The van der Waals surface area contributed by atoms with Gasteiger partial charge in [0.15, 0.2) is 0 Å². The van der Waals surface area contributed by atoms with E-state index in [0.29, 0.717) is 12.2 Å². The van der Waals surface area contributed by atoms with Gasteiger partial charge < -0.3 is 15.6 Å². The fraction of sp³-hybridized carbons (Fsp3) is 0.174. The number of aromatic nitrogens is 3. The summed E-state index contributed by atoms with van der Waals surface area (Å²) in [6, 6.07) is 15.9. The predicted molar refractivity (Wildman–Crippen MR) is 116 cm³/mol. The molecule has 0 spiro atoms. The first-order valence-corrected chi connectivity index (χ1v) is 9.53. The number of hydrogen-bond acceptors (Lipinski definition) is 4. The molecule has 4 rings (SSSR count). The number of nitrogen functional groups attached to an aromatic ring is 1. The second kappa shape index (κ2) is 7.75. The molecule has 29 heavy (non-hydrogen) atoms. The number of carbonyl (C=O) groups is 1. The van der Waals surface area contributed by atoms with Gasteiger partial charge >= 0.3 is 0 Å². The third-order valence-corrected chi connectivity index (χ3v) is 5.07. The number of rotatable bonds is 5. The minimum absolute atomic E-state index is 0.00353. The Hall–Kier alpha value is -3.67. The predicted octanol–water partition coefficient (Wildman–Crippen LogP) is 4.10. The molecule has 0 fully saturated rings. The summed E-state index contributed by atoms with van der Waals surface area (Å²) in [6.45, 7) is 2.02. The largest absolute Gasteiger partial charge is 0.383 e. The standard InChI is InChI=1S/C23H23N5O/c1-15-12-17(27-20(29)11-8-16-6-4-3-5-7-16)9-10-18(15)19-13-28(2)23-21(19)22(24)25-14-26-23/h3-7,9-10,12-14H,8,11H2,1-2H3,(H,27,29)(H2,24,25,26). The SMILES string of the molecule is Cc1cc(NC(=O)CCc2ccccc2)ccc1-c1cn(C)c2ncnc(N)c12. The molecule has 0 radical (unpaired) electrons. The van der Waals surface area contributed by atoms with Crippen molar-refractivity contribution in [2.45, 2.75) is 19.8 Å². The topological polar surface area (TPSA) is 85.8 Å². The number of nitrogens with two attached hydrogens (primary N) is 1. The second-order valence-corrected chi connectivity index (χ2v) is 7.17. The number of amides is 1. The molecule has 3 N–H and O–H groups in total. The van der Waals surface area contributed by atoms with Crippen LogP contribution < -0.4 is 11.1 Å². The highest BCUT2D eigenvalue weighted by molar-refractivity contribution is 6.01. The van der Waals surface area contributed by atoms with E-state index >= 15 is 0 Å². The molecular formula is C23H23N5O. The Morgan fingerprint density at radius 1 is 1.10 bits per heavy atom. The van der Waals surface area contributed by atoms with Gasteiger partial charge in [0, 0.05) is 30.9 Å². The zero-order valence-electron chi connectivity index (χ0n) is 16.5. The van der Waals surface area contributed by atoms with Crippen molar-refractivity contribution in [3.63, 3.8) is 0 Å². The minimum atomic E-state index is 0.00353. The number of fused-ring (bicyclic) bond motifs is 1. The number of nitrogens with zero attached hydrogens (tertiary/aromatic N) is 3. The van der Waals surface area contributed by atoms with Gasteiger partial charge in [-0.25, -0.2) is 9.97 Å². The minimum Gasteiger partial charge on any atom is -0.383 e. The third kappa shape index (κ3) is 3.82. The quantitative estimate of drug-likeness (QED) is 0.542. The lowest BCUT2D eigenvalue weighted by molar-refractivity contribution is -0.116. The molecule has 0 unspecified atom stereocenters. The molecule has 146 valence electrons. The Balaban J connectivity index is 1.54. The summed E-state index contributed by atoms with van der Waals surface area (Å²) in [4.78, 5) is 20.8. The molecule has 0 atom stereocenters. The van der Waals surface area contributed by atoms with Gasteiger partial charge in [-0.3, -0.25) is 4.79 Å². The van der Waals surface area contributed by atoms with E-state index in [9.17, 15) is 4.79 Å². The summed E-state index contributed by atoms with van der Waals surface area (Å²) >= 11 is 0. The third-order valence-electron chi connectivity index (χ3n) is 5.07. The van der Waals surface area contributed by atoms with Gasteiger partial charge in [0.05, 0.1) is 5.39 Å². The van der Waals surface area contributed by atoms with Crippen molar-refractivity contribution in [2.75, 3.05) is 11.1 Å². The molecule has 0 aliphatic rings. The highest BCUT2D eigenvalue weighted by Crippen LogP contribution is 2.34. The van der Waals surface area contributed by atoms with Crippen LogP contribution in [-0.2, 0) is 18.3 Å². The molecule has 0 saturated heterocycles. The smallest absolute Gasteiger partial charge is 0.224 e. The molecule has 6 heteroatoms. The molecule has 0 aliphatic heterocycles. The lowest BCUT2D eigenvalue weighted by atomic mass is 10.00. The van der Waals surface area contributed by atoms with Crippen molar-refractivity contribution >= 4 is 28.4 Å². The molecule has 6 nitrogen and oxygen atoms in total. The van der Waals surface area contributed by atoms with E-state index in [1.54, 1.807) is 0 Å². The van der Waals surface area contributed by atoms with Crippen LogP contribution >= 0.6 is 0 Å². The normalized spacial score (nSPS) is 11.0. The van der Waals surface area contributed by atoms with Gasteiger partial charge in [0.1, 0.15) is 17.8 Å². The highest BCUT2D eigenvalue weighted by atomic mass is 16.1. The van der Waals surface area contributed by atoms with Gasteiger partial charge in [0.2, 0.25) is 5.91 Å². The van der Waals surface area contributed by atoms with E-state index in [-0.39, 0.29) is 5.91 Å². The summed E-state index contributed by atoms with van der Waals surface area (Å²) < 4.78 is 1.95. The van der Waals surface area contributed by atoms with Crippen LogP contribution in [0.2, 0.25) is 0 Å². The van der Waals surface area contributed by atoms with E-state index < -0.39 is 0 Å². The average molecular weight is 385 g/mol. The Bertz CT molecular complexity index is 1180. The average Bonchev–Trinajstić information content (AvgIpc) is 3.05. The second-order valence-electron chi connectivity index (χ2n) is 7.17. The Kier molecular flexibility index (Phi) is 4.99. The van der Waals surface area contributed by atoms with Gasteiger partial charge in [0.25, 0.3) is 0 Å². The number of carbonyl (C=O) groups excluding carboxylic acids is 1. The molecule has 0 saturated carbocycles. The van der Waals surface area contributed by atoms with Crippen molar-refractivity contribution in [1.82, 2.24) is 14.5 Å². The number of aryl methyl sites for hydroxylation is 3. The lowest BCUT2D eigenvalue weighted by Crippen LogP contribution is -2.12. The van der Waals surface area contributed by atoms with E-state index in [1.165, 1.54) is 6.33 Å². The lowest BCUT2D eigenvalue weighted by Gasteiger charge is -2.10. The van der Waals surface area contributed by atoms with E-state index in [4.69, 9.17) is 5.73 Å². The van der Waals surface area contributed by atoms with Crippen LogP contribution in [0, 0.1) is 6.92 Å². The summed E-state index contributed by atoms with van der Waals surface area (Å²) in [6.07, 6.45) is 4.65. The summed E-state index contributed by atoms with van der Waals surface area (Å²) in [7, 11) is 1.94. The zero-order valence-corrected chi connectivity index (χ0v) is 16.5.